The first-order valence-corrected chi connectivity index (χ1v) is 10.5. The third kappa shape index (κ3) is 3.97. The van der Waals surface area contributed by atoms with Crippen molar-refractivity contribution >= 4 is 22.4 Å². The quantitative estimate of drug-likeness (QED) is 0.714. The van der Waals surface area contributed by atoms with Crippen LogP contribution in [0, 0.1) is 0 Å². The van der Waals surface area contributed by atoms with Gasteiger partial charge in [-0.05, 0) is 23.8 Å². The molecule has 0 radical (unpaired) electrons. The average Bonchev–Trinajstić information content (AvgIpc) is 3.15. The summed E-state index contributed by atoms with van der Waals surface area (Å²) in [5.41, 5.74) is 2.94. The zero-order chi connectivity index (χ0) is 19.6. The van der Waals surface area contributed by atoms with E-state index in [2.05, 4.69) is 39.5 Å². The zero-order valence-electron chi connectivity index (χ0n) is 15.9. The second-order valence-electron chi connectivity index (χ2n) is 7.15. The van der Waals surface area contributed by atoms with E-state index in [9.17, 15) is 4.79 Å². The van der Waals surface area contributed by atoms with Gasteiger partial charge in [-0.2, -0.15) is 0 Å². The number of aromatic nitrogens is 1. The summed E-state index contributed by atoms with van der Waals surface area (Å²) in [7, 11) is 0. The first kappa shape index (κ1) is 18.1. The van der Waals surface area contributed by atoms with Crippen LogP contribution >= 0.6 is 11.3 Å². The molecule has 1 amide bonds. The molecule has 2 aliphatic rings. The fourth-order valence-electron chi connectivity index (χ4n) is 3.63. The summed E-state index contributed by atoms with van der Waals surface area (Å²) in [5.74, 6) is 1.10. The summed E-state index contributed by atoms with van der Waals surface area (Å²) in [5, 5.41) is 3.59. The molecule has 5 rings (SSSR count). The molecule has 0 unspecified atom stereocenters. The maximum absolute atomic E-state index is 12.7. The van der Waals surface area contributed by atoms with Gasteiger partial charge in [-0.1, -0.05) is 30.3 Å². The van der Waals surface area contributed by atoms with Gasteiger partial charge in [-0.25, -0.2) is 4.98 Å². The van der Waals surface area contributed by atoms with E-state index < -0.39 is 0 Å². The SMILES string of the molecule is O=C(Nc1nc2c(s1)CN(Cc1ccccc1)CC2)c1ccc2c(c1)OCCO2. The van der Waals surface area contributed by atoms with Gasteiger partial charge in [0.05, 0.1) is 5.69 Å². The number of nitrogens with one attached hydrogen (secondary N) is 1. The monoisotopic (exact) mass is 407 g/mol. The third-order valence-electron chi connectivity index (χ3n) is 5.08. The summed E-state index contributed by atoms with van der Waals surface area (Å²) in [6.07, 6.45) is 0.901. The Hall–Kier alpha value is -2.90. The minimum absolute atomic E-state index is 0.186. The summed E-state index contributed by atoms with van der Waals surface area (Å²) in [4.78, 5) is 21.0. The maximum Gasteiger partial charge on any atom is 0.257 e. The molecule has 0 spiro atoms. The van der Waals surface area contributed by atoms with Gasteiger partial charge in [0, 0.05) is 36.5 Å². The number of thiazole rings is 1. The van der Waals surface area contributed by atoms with Crippen LogP contribution in [-0.4, -0.2) is 35.5 Å². The van der Waals surface area contributed by atoms with Crippen molar-refractivity contribution in [3.05, 3.63) is 70.2 Å². The number of rotatable bonds is 4. The van der Waals surface area contributed by atoms with Crippen molar-refractivity contribution in [2.24, 2.45) is 0 Å². The number of ether oxygens (including phenoxy) is 2. The topological polar surface area (TPSA) is 63.7 Å². The van der Waals surface area contributed by atoms with Crippen molar-refractivity contribution in [1.82, 2.24) is 9.88 Å². The molecule has 0 saturated carbocycles. The van der Waals surface area contributed by atoms with Crippen LogP contribution in [0.15, 0.2) is 48.5 Å². The molecule has 6 nitrogen and oxygen atoms in total. The number of anilines is 1. The van der Waals surface area contributed by atoms with Crippen LogP contribution in [-0.2, 0) is 19.5 Å². The van der Waals surface area contributed by atoms with Crippen LogP contribution in [0.5, 0.6) is 11.5 Å². The van der Waals surface area contributed by atoms with E-state index in [1.165, 1.54) is 10.4 Å². The lowest BCUT2D eigenvalue weighted by Gasteiger charge is -2.25. The first-order chi connectivity index (χ1) is 14.2. The summed E-state index contributed by atoms with van der Waals surface area (Å²) < 4.78 is 11.1. The Kier molecular flexibility index (Phi) is 4.91. The van der Waals surface area contributed by atoms with Crippen LogP contribution in [0.1, 0.15) is 26.5 Å². The molecule has 0 aliphatic carbocycles. The van der Waals surface area contributed by atoms with Crippen LogP contribution in [0.25, 0.3) is 0 Å². The Morgan fingerprint density at radius 3 is 2.79 bits per heavy atom. The number of nitrogens with zero attached hydrogens (tertiary/aromatic N) is 2. The fraction of sp³-hybridized carbons (Fsp3) is 0.273. The van der Waals surface area contributed by atoms with Gasteiger partial charge < -0.3 is 9.47 Å². The van der Waals surface area contributed by atoms with Gasteiger partial charge in [-0.15, -0.1) is 11.3 Å². The second-order valence-corrected chi connectivity index (χ2v) is 8.23. The Morgan fingerprint density at radius 1 is 1.10 bits per heavy atom. The van der Waals surface area contributed by atoms with Crippen LogP contribution in [0.2, 0.25) is 0 Å². The molecule has 3 aromatic rings. The smallest absolute Gasteiger partial charge is 0.257 e. The Labute approximate surface area is 173 Å². The average molecular weight is 407 g/mol. The highest BCUT2D eigenvalue weighted by molar-refractivity contribution is 7.15. The van der Waals surface area contributed by atoms with E-state index in [-0.39, 0.29) is 5.91 Å². The lowest BCUT2D eigenvalue weighted by molar-refractivity contribution is 0.102. The maximum atomic E-state index is 12.7. The normalized spacial score (nSPS) is 15.6. The van der Waals surface area contributed by atoms with E-state index in [0.717, 1.165) is 31.7 Å². The molecule has 1 aromatic heterocycles. The third-order valence-corrected chi connectivity index (χ3v) is 6.08. The van der Waals surface area contributed by atoms with Crippen molar-refractivity contribution in [1.29, 1.82) is 0 Å². The van der Waals surface area contributed by atoms with Crippen LogP contribution < -0.4 is 14.8 Å². The van der Waals surface area contributed by atoms with Gasteiger partial charge in [0.25, 0.3) is 5.91 Å². The van der Waals surface area contributed by atoms with Gasteiger partial charge in [-0.3, -0.25) is 15.0 Å². The zero-order valence-corrected chi connectivity index (χ0v) is 16.7. The summed E-state index contributed by atoms with van der Waals surface area (Å²) in [6.45, 7) is 3.79. The first-order valence-electron chi connectivity index (χ1n) is 9.70. The minimum atomic E-state index is -0.186. The number of benzene rings is 2. The Balaban J connectivity index is 1.26. The molecule has 148 valence electrons. The Bertz CT molecular complexity index is 1040. The van der Waals surface area contributed by atoms with Crippen LogP contribution in [0.3, 0.4) is 0 Å². The van der Waals surface area contributed by atoms with E-state index in [1.54, 1.807) is 29.5 Å². The van der Waals surface area contributed by atoms with Crippen LogP contribution in [0.4, 0.5) is 5.13 Å². The molecule has 2 aliphatic heterocycles. The summed E-state index contributed by atoms with van der Waals surface area (Å²) >= 11 is 1.56. The number of hydrogen-bond acceptors (Lipinski definition) is 6. The second kappa shape index (κ2) is 7.85. The molecule has 2 aromatic carbocycles. The van der Waals surface area contributed by atoms with E-state index in [4.69, 9.17) is 9.47 Å². The van der Waals surface area contributed by atoms with Gasteiger partial charge in [0.2, 0.25) is 0 Å². The molecular weight excluding hydrogens is 386 g/mol. The van der Waals surface area contributed by atoms with Crippen molar-refractivity contribution in [3.8, 4) is 11.5 Å². The molecule has 29 heavy (non-hydrogen) atoms. The van der Waals surface area contributed by atoms with Gasteiger partial charge in [0.15, 0.2) is 16.6 Å². The van der Waals surface area contributed by atoms with Crippen molar-refractivity contribution in [3.63, 3.8) is 0 Å². The van der Waals surface area contributed by atoms with E-state index >= 15 is 0 Å². The highest BCUT2D eigenvalue weighted by Crippen LogP contribution is 2.32. The van der Waals surface area contributed by atoms with E-state index in [0.29, 0.717) is 35.4 Å². The standard InChI is InChI=1S/C22H21N3O3S/c26-21(16-6-7-18-19(12-16)28-11-10-27-18)24-22-23-17-8-9-25(14-20(17)29-22)13-15-4-2-1-3-5-15/h1-7,12H,8-11,13-14H2,(H,23,24,26). The molecular formula is C22H21N3O3S. The number of fused-ring (bicyclic) bond motifs is 2. The highest BCUT2D eigenvalue weighted by Gasteiger charge is 2.22. The van der Waals surface area contributed by atoms with Crippen molar-refractivity contribution in [2.45, 2.75) is 19.5 Å². The molecule has 0 fully saturated rings. The summed E-state index contributed by atoms with van der Waals surface area (Å²) in [6, 6.07) is 15.7. The van der Waals surface area contributed by atoms with Gasteiger partial charge in [0.1, 0.15) is 13.2 Å². The molecule has 0 atom stereocenters. The number of carbonyl (C=O) groups excluding carboxylic acids is 1. The van der Waals surface area contributed by atoms with Crippen molar-refractivity contribution < 1.29 is 14.3 Å². The van der Waals surface area contributed by atoms with E-state index in [1.807, 2.05) is 6.07 Å². The molecule has 0 saturated heterocycles. The van der Waals surface area contributed by atoms with Gasteiger partial charge >= 0.3 is 0 Å². The van der Waals surface area contributed by atoms with Crippen molar-refractivity contribution in [2.75, 3.05) is 25.1 Å². The lowest BCUT2D eigenvalue weighted by Crippen LogP contribution is -2.29. The number of amides is 1. The molecule has 7 heteroatoms. The predicted molar refractivity (Wildman–Crippen MR) is 112 cm³/mol. The largest absolute Gasteiger partial charge is 0.486 e. The number of carbonyl (C=O) groups is 1. The lowest BCUT2D eigenvalue weighted by atomic mass is 10.1. The Morgan fingerprint density at radius 2 is 1.93 bits per heavy atom. The predicted octanol–water partition coefficient (Wildman–Crippen LogP) is 3.72. The molecule has 3 heterocycles. The fourth-order valence-corrected chi connectivity index (χ4v) is 4.68. The minimum Gasteiger partial charge on any atom is -0.486 e. The number of hydrogen-bond donors (Lipinski definition) is 1. The molecule has 1 N–H and O–H groups in total. The molecule has 0 bridgehead atoms. The highest BCUT2D eigenvalue weighted by atomic mass is 32.1.